The molecule has 25 heavy (non-hydrogen) atoms. The van der Waals surface area contributed by atoms with Crippen molar-refractivity contribution in [1.29, 1.82) is 0 Å². The van der Waals surface area contributed by atoms with Crippen molar-refractivity contribution in [2.24, 2.45) is 0 Å². The number of carbonyl (C=O) groups excluding carboxylic acids is 1. The molecular formula is C16H24N6O3. The van der Waals surface area contributed by atoms with Gasteiger partial charge in [-0.05, 0) is 26.8 Å². The number of aryl methyl sites for hydroxylation is 2. The van der Waals surface area contributed by atoms with Gasteiger partial charge in [0.1, 0.15) is 5.76 Å². The van der Waals surface area contributed by atoms with Crippen LogP contribution >= 0.6 is 0 Å². The van der Waals surface area contributed by atoms with Crippen molar-refractivity contribution in [3.8, 4) is 0 Å². The van der Waals surface area contributed by atoms with Crippen LogP contribution in [0.4, 0.5) is 5.82 Å². The first-order chi connectivity index (χ1) is 12.0. The molecule has 2 aromatic rings. The zero-order valence-electron chi connectivity index (χ0n) is 14.9. The first-order valence-corrected chi connectivity index (χ1v) is 8.51. The first-order valence-electron chi connectivity index (χ1n) is 8.51. The highest BCUT2D eigenvalue weighted by molar-refractivity contribution is 5.93. The van der Waals surface area contributed by atoms with Gasteiger partial charge >= 0.3 is 0 Å². The normalized spacial score (nSPS) is 18.0. The second-order valence-electron chi connectivity index (χ2n) is 6.38. The molecule has 136 valence electrons. The number of rotatable bonds is 5. The second-order valence-corrected chi connectivity index (χ2v) is 6.38. The first kappa shape index (κ1) is 17.6. The van der Waals surface area contributed by atoms with Gasteiger partial charge in [-0.1, -0.05) is 10.3 Å². The molecule has 1 amide bonds. The van der Waals surface area contributed by atoms with Gasteiger partial charge in [-0.25, -0.2) is 0 Å². The Hall–Kier alpha value is -2.26. The molecule has 3 heterocycles. The summed E-state index contributed by atoms with van der Waals surface area (Å²) in [7, 11) is 0. The molecule has 1 aliphatic rings. The molecule has 1 aliphatic heterocycles. The number of carbonyl (C=O) groups is 1. The Morgan fingerprint density at radius 1 is 1.24 bits per heavy atom. The van der Waals surface area contributed by atoms with E-state index < -0.39 is 0 Å². The summed E-state index contributed by atoms with van der Waals surface area (Å²) in [5, 5.41) is 10.6. The van der Waals surface area contributed by atoms with Crippen molar-refractivity contribution in [2.45, 2.75) is 39.8 Å². The van der Waals surface area contributed by atoms with E-state index in [1.165, 1.54) is 0 Å². The molecule has 0 bridgehead atoms. The van der Waals surface area contributed by atoms with Crippen LogP contribution in [0.3, 0.4) is 0 Å². The average Bonchev–Trinajstić information content (AvgIpc) is 3.09. The van der Waals surface area contributed by atoms with E-state index in [9.17, 15) is 4.79 Å². The largest absolute Gasteiger partial charge is 0.360 e. The fourth-order valence-electron chi connectivity index (χ4n) is 2.96. The van der Waals surface area contributed by atoms with Crippen molar-refractivity contribution in [3.05, 3.63) is 23.5 Å². The summed E-state index contributed by atoms with van der Waals surface area (Å²) >= 11 is 0. The maximum absolute atomic E-state index is 12.4. The second kappa shape index (κ2) is 7.75. The number of amides is 1. The van der Waals surface area contributed by atoms with Crippen molar-refractivity contribution >= 4 is 11.7 Å². The lowest BCUT2D eigenvalue weighted by atomic mass is 10.2. The van der Waals surface area contributed by atoms with Crippen LogP contribution in [-0.2, 0) is 11.3 Å². The van der Waals surface area contributed by atoms with Crippen molar-refractivity contribution in [3.63, 3.8) is 0 Å². The van der Waals surface area contributed by atoms with Gasteiger partial charge in [-0.2, -0.15) is 4.98 Å². The molecule has 9 heteroatoms. The minimum absolute atomic E-state index is 0.0736. The third-order valence-corrected chi connectivity index (χ3v) is 4.36. The quantitative estimate of drug-likeness (QED) is 0.860. The number of aromatic nitrogens is 3. The SMILES string of the molecule is Cc1cc(NC(=O)[C@@H](C)N2CCCN(Cc3noc(C)n3)CC2)no1. The molecule has 0 saturated carbocycles. The highest BCUT2D eigenvalue weighted by atomic mass is 16.5. The molecule has 0 unspecified atom stereocenters. The summed E-state index contributed by atoms with van der Waals surface area (Å²) in [4.78, 5) is 21.2. The Labute approximate surface area is 146 Å². The van der Waals surface area contributed by atoms with E-state index in [-0.39, 0.29) is 11.9 Å². The summed E-state index contributed by atoms with van der Waals surface area (Å²) in [6.45, 7) is 9.65. The van der Waals surface area contributed by atoms with E-state index >= 15 is 0 Å². The van der Waals surface area contributed by atoms with Gasteiger partial charge in [0, 0.05) is 32.6 Å². The zero-order valence-corrected chi connectivity index (χ0v) is 14.9. The van der Waals surface area contributed by atoms with Gasteiger partial charge in [-0.15, -0.1) is 0 Å². The van der Waals surface area contributed by atoms with Crippen LogP contribution in [0.1, 0.15) is 30.8 Å². The Bertz CT molecular complexity index is 712. The van der Waals surface area contributed by atoms with Crippen LogP contribution in [0.5, 0.6) is 0 Å². The fraction of sp³-hybridized carbons (Fsp3) is 0.625. The predicted octanol–water partition coefficient (Wildman–Crippen LogP) is 1.21. The van der Waals surface area contributed by atoms with E-state index in [1.54, 1.807) is 19.9 Å². The van der Waals surface area contributed by atoms with E-state index in [0.29, 0.717) is 29.8 Å². The molecule has 0 aliphatic carbocycles. The molecule has 1 atom stereocenters. The number of nitrogens with zero attached hydrogens (tertiary/aromatic N) is 5. The van der Waals surface area contributed by atoms with Gasteiger partial charge in [0.15, 0.2) is 11.6 Å². The van der Waals surface area contributed by atoms with E-state index in [0.717, 1.165) is 32.6 Å². The Kier molecular flexibility index (Phi) is 5.44. The zero-order chi connectivity index (χ0) is 17.8. The monoisotopic (exact) mass is 348 g/mol. The summed E-state index contributed by atoms with van der Waals surface area (Å²) in [6.07, 6.45) is 0.984. The highest BCUT2D eigenvalue weighted by Gasteiger charge is 2.25. The number of hydrogen-bond donors (Lipinski definition) is 1. The summed E-state index contributed by atoms with van der Waals surface area (Å²) in [5.41, 5.74) is 0. The van der Waals surface area contributed by atoms with Crippen LogP contribution < -0.4 is 5.32 Å². The summed E-state index contributed by atoms with van der Waals surface area (Å²) < 4.78 is 10.0. The van der Waals surface area contributed by atoms with Crippen LogP contribution in [-0.4, -0.2) is 63.2 Å². The van der Waals surface area contributed by atoms with Gasteiger partial charge in [0.05, 0.1) is 12.6 Å². The van der Waals surface area contributed by atoms with Crippen molar-refractivity contribution in [1.82, 2.24) is 25.1 Å². The van der Waals surface area contributed by atoms with E-state index in [4.69, 9.17) is 9.05 Å². The molecule has 3 rings (SSSR count). The third-order valence-electron chi connectivity index (χ3n) is 4.36. The number of nitrogens with one attached hydrogen (secondary N) is 1. The summed E-state index contributed by atoms with van der Waals surface area (Å²) in [5.74, 6) is 2.34. The molecule has 9 nitrogen and oxygen atoms in total. The lowest BCUT2D eigenvalue weighted by Gasteiger charge is -2.26. The Morgan fingerprint density at radius 3 is 2.76 bits per heavy atom. The molecule has 2 aromatic heterocycles. The van der Waals surface area contributed by atoms with Crippen LogP contribution in [0.15, 0.2) is 15.1 Å². The molecule has 0 radical (unpaired) electrons. The standard InChI is InChI=1S/C16H24N6O3/c1-11-9-14(19-24-11)18-16(23)12(2)22-6-4-5-21(7-8-22)10-15-17-13(3)25-20-15/h9,12H,4-8,10H2,1-3H3,(H,18,19,23)/t12-/m1/s1. The molecule has 1 saturated heterocycles. The molecule has 1 N–H and O–H groups in total. The van der Waals surface area contributed by atoms with E-state index in [2.05, 4.69) is 30.4 Å². The maximum Gasteiger partial charge on any atom is 0.242 e. The average molecular weight is 348 g/mol. The molecule has 1 fully saturated rings. The minimum atomic E-state index is -0.232. The number of anilines is 1. The van der Waals surface area contributed by atoms with Crippen LogP contribution in [0.25, 0.3) is 0 Å². The van der Waals surface area contributed by atoms with Crippen molar-refractivity contribution in [2.75, 3.05) is 31.5 Å². The lowest BCUT2D eigenvalue weighted by Crippen LogP contribution is -2.43. The van der Waals surface area contributed by atoms with Gasteiger partial charge < -0.3 is 14.4 Å². The van der Waals surface area contributed by atoms with E-state index in [1.807, 2.05) is 6.92 Å². The summed E-state index contributed by atoms with van der Waals surface area (Å²) in [6, 6.07) is 1.48. The molecular weight excluding hydrogens is 324 g/mol. The van der Waals surface area contributed by atoms with Crippen LogP contribution in [0, 0.1) is 13.8 Å². The fourth-order valence-corrected chi connectivity index (χ4v) is 2.96. The van der Waals surface area contributed by atoms with Gasteiger partial charge in [0.25, 0.3) is 0 Å². The highest BCUT2D eigenvalue weighted by Crippen LogP contribution is 2.12. The lowest BCUT2D eigenvalue weighted by molar-refractivity contribution is -0.120. The molecule has 0 aromatic carbocycles. The topological polar surface area (TPSA) is 101 Å². The van der Waals surface area contributed by atoms with Gasteiger partial charge in [0.2, 0.25) is 11.8 Å². The van der Waals surface area contributed by atoms with Gasteiger partial charge in [-0.3, -0.25) is 14.6 Å². The smallest absolute Gasteiger partial charge is 0.242 e. The third kappa shape index (κ3) is 4.64. The Balaban J connectivity index is 1.52. The Morgan fingerprint density at radius 2 is 2.08 bits per heavy atom. The molecule has 0 spiro atoms. The minimum Gasteiger partial charge on any atom is -0.360 e. The van der Waals surface area contributed by atoms with Crippen LogP contribution in [0.2, 0.25) is 0 Å². The van der Waals surface area contributed by atoms with Crippen molar-refractivity contribution < 1.29 is 13.8 Å². The maximum atomic E-state index is 12.4. The number of hydrogen-bond acceptors (Lipinski definition) is 8. The predicted molar refractivity (Wildman–Crippen MR) is 89.8 cm³/mol.